The molecule has 0 amide bonds. The maximum Gasteiger partial charge on any atom is 0.163 e. The molecule has 0 radical (unpaired) electrons. The van der Waals surface area contributed by atoms with Gasteiger partial charge in [0.2, 0.25) is 0 Å². The van der Waals surface area contributed by atoms with Crippen LogP contribution in [0.1, 0.15) is 32.5 Å². The summed E-state index contributed by atoms with van der Waals surface area (Å²) in [5, 5.41) is 8.51. The zero-order valence-corrected chi connectivity index (χ0v) is 11.8. The van der Waals surface area contributed by atoms with E-state index in [4.69, 9.17) is 4.74 Å². The van der Waals surface area contributed by atoms with Gasteiger partial charge in [-0.15, -0.1) is 0 Å². The summed E-state index contributed by atoms with van der Waals surface area (Å²) in [7, 11) is 1.88. The van der Waals surface area contributed by atoms with Crippen molar-refractivity contribution in [2.45, 2.75) is 33.3 Å². The highest BCUT2D eigenvalue weighted by Gasteiger charge is 2.11. The lowest BCUT2D eigenvalue weighted by atomic mass is 10.3. The van der Waals surface area contributed by atoms with Gasteiger partial charge in [0.1, 0.15) is 12.4 Å². The van der Waals surface area contributed by atoms with Gasteiger partial charge in [0, 0.05) is 20.2 Å². The molecule has 2 aromatic heterocycles. The van der Waals surface area contributed by atoms with E-state index in [-0.39, 0.29) is 0 Å². The van der Waals surface area contributed by atoms with Crippen LogP contribution in [-0.4, -0.2) is 32.9 Å². The number of hydrogen-bond donors (Lipinski definition) is 1. The van der Waals surface area contributed by atoms with Gasteiger partial charge in [-0.25, -0.2) is 9.97 Å². The zero-order chi connectivity index (χ0) is 13.7. The Balaban J connectivity index is 2.28. The second-order valence-corrected chi connectivity index (χ2v) is 4.47. The molecule has 6 heteroatoms. The number of ether oxygens (including phenoxy) is 1. The monoisotopic (exact) mass is 263 g/mol. The highest BCUT2D eigenvalue weighted by Crippen LogP contribution is 2.19. The van der Waals surface area contributed by atoms with Gasteiger partial charge in [-0.05, 0) is 12.8 Å². The van der Waals surface area contributed by atoms with E-state index in [2.05, 4.69) is 34.2 Å². The number of aromatic nitrogens is 4. The van der Waals surface area contributed by atoms with Gasteiger partial charge in [0.05, 0.1) is 11.6 Å². The Kier molecular flexibility index (Phi) is 4.68. The van der Waals surface area contributed by atoms with E-state index in [0.717, 1.165) is 42.8 Å². The molecule has 0 atom stereocenters. The predicted octanol–water partition coefficient (Wildman–Crippen LogP) is 2.11. The van der Waals surface area contributed by atoms with E-state index in [1.165, 1.54) is 0 Å². The Morgan fingerprint density at radius 1 is 1.26 bits per heavy atom. The molecule has 104 valence electrons. The van der Waals surface area contributed by atoms with Crippen LogP contribution in [0.5, 0.6) is 0 Å². The Morgan fingerprint density at radius 2 is 2.11 bits per heavy atom. The predicted molar refractivity (Wildman–Crippen MR) is 75.0 cm³/mol. The summed E-state index contributed by atoms with van der Waals surface area (Å²) in [5.41, 5.74) is 0.837. The van der Waals surface area contributed by atoms with Crippen LogP contribution in [0.25, 0.3) is 11.0 Å². The number of anilines is 1. The normalized spacial score (nSPS) is 11.1. The first-order valence-corrected chi connectivity index (χ1v) is 6.76. The SMILES string of the molecule is CCCNc1nc(COCCC)nc2c1cnn2C. The van der Waals surface area contributed by atoms with Crippen LogP contribution in [0.3, 0.4) is 0 Å². The Bertz CT molecular complexity index is 537. The fourth-order valence-corrected chi connectivity index (χ4v) is 1.82. The number of fused-ring (bicyclic) bond motifs is 1. The van der Waals surface area contributed by atoms with Gasteiger partial charge in [0.15, 0.2) is 11.5 Å². The topological polar surface area (TPSA) is 64.9 Å². The first kappa shape index (κ1) is 13.7. The third-order valence-corrected chi connectivity index (χ3v) is 2.76. The minimum atomic E-state index is 0.440. The third kappa shape index (κ3) is 3.20. The van der Waals surface area contributed by atoms with Crippen molar-refractivity contribution in [1.82, 2.24) is 19.7 Å². The van der Waals surface area contributed by atoms with E-state index in [1.54, 1.807) is 10.9 Å². The number of rotatable bonds is 7. The lowest BCUT2D eigenvalue weighted by Crippen LogP contribution is -2.08. The number of aryl methyl sites for hydroxylation is 1. The van der Waals surface area contributed by atoms with Gasteiger partial charge < -0.3 is 10.1 Å². The van der Waals surface area contributed by atoms with Crippen molar-refractivity contribution in [1.29, 1.82) is 0 Å². The van der Waals surface area contributed by atoms with Crippen LogP contribution in [0.15, 0.2) is 6.20 Å². The van der Waals surface area contributed by atoms with E-state index in [1.807, 2.05) is 7.05 Å². The Labute approximate surface area is 113 Å². The summed E-state index contributed by atoms with van der Waals surface area (Å²) < 4.78 is 7.27. The van der Waals surface area contributed by atoms with Crippen LogP contribution in [0, 0.1) is 0 Å². The van der Waals surface area contributed by atoms with Crippen LogP contribution in [0.4, 0.5) is 5.82 Å². The lowest BCUT2D eigenvalue weighted by molar-refractivity contribution is 0.116. The van der Waals surface area contributed by atoms with E-state index >= 15 is 0 Å². The second kappa shape index (κ2) is 6.47. The molecule has 6 nitrogen and oxygen atoms in total. The summed E-state index contributed by atoms with van der Waals surface area (Å²) in [6.45, 7) is 6.26. The third-order valence-electron chi connectivity index (χ3n) is 2.76. The first-order chi connectivity index (χ1) is 9.26. The van der Waals surface area contributed by atoms with Crippen molar-refractivity contribution in [3.63, 3.8) is 0 Å². The van der Waals surface area contributed by atoms with Crippen LogP contribution < -0.4 is 5.32 Å². The second-order valence-electron chi connectivity index (χ2n) is 4.47. The molecule has 0 aliphatic rings. The van der Waals surface area contributed by atoms with Gasteiger partial charge in [0.25, 0.3) is 0 Å². The minimum absolute atomic E-state index is 0.440. The van der Waals surface area contributed by atoms with Crippen molar-refractivity contribution < 1.29 is 4.74 Å². The highest BCUT2D eigenvalue weighted by molar-refractivity contribution is 5.86. The molecule has 0 aliphatic carbocycles. The minimum Gasteiger partial charge on any atom is -0.373 e. The van der Waals surface area contributed by atoms with E-state index in [0.29, 0.717) is 12.4 Å². The maximum atomic E-state index is 5.51. The van der Waals surface area contributed by atoms with Gasteiger partial charge in [-0.1, -0.05) is 13.8 Å². The highest BCUT2D eigenvalue weighted by atomic mass is 16.5. The van der Waals surface area contributed by atoms with E-state index in [9.17, 15) is 0 Å². The molecule has 0 unspecified atom stereocenters. The molecule has 0 fully saturated rings. The summed E-state index contributed by atoms with van der Waals surface area (Å²) in [4.78, 5) is 9.02. The van der Waals surface area contributed by atoms with Crippen LogP contribution in [-0.2, 0) is 18.4 Å². The van der Waals surface area contributed by atoms with Crippen molar-refractivity contribution in [3.05, 3.63) is 12.0 Å². The Hall–Kier alpha value is -1.69. The molecule has 0 aliphatic heterocycles. The smallest absolute Gasteiger partial charge is 0.163 e. The molecule has 0 aromatic carbocycles. The fraction of sp³-hybridized carbons (Fsp3) is 0.615. The van der Waals surface area contributed by atoms with Gasteiger partial charge in [-0.2, -0.15) is 5.10 Å². The summed E-state index contributed by atoms with van der Waals surface area (Å²) >= 11 is 0. The number of nitrogens with zero attached hydrogens (tertiary/aromatic N) is 4. The van der Waals surface area contributed by atoms with Crippen molar-refractivity contribution >= 4 is 16.9 Å². The van der Waals surface area contributed by atoms with Gasteiger partial charge in [-0.3, -0.25) is 4.68 Å². The van der Waals surface area contributed by atoms with Crippen LogP contribution >= 0.6 is 0 Å². The summed E-state index contributed by atoms with van der Waals surface area (Å²) in [5.74, 6) is 1.54. The molecule has 0 saturated heterocycles. The van der Waals surface area contributed by atoms with Crippen LogP contribution in [0.2, 0.25) is 0 Å². The van der Waals surface area contributed by atoms with Gasteiger partial charge >= 0.3 is 0 Å². The largest absolute Gasteiger partial charge is 0.373 e. The standard InChI is InChI=1S/C13H21N5O/c1-4-6-14-12-10-8-15-18(3)13(10)17-11(16-12)9-19-7-5-2/h8H,4-7,9H2,1-3H3,(H,14,16,17). The fourth-order valence-electron chi connectivity index (χ4n) is 1.82. The molecule has 2 heterocycles. The molecule has 0 bridgehead atoms. The quantitative estimate of drug-likeness (QED) is 0.775. The van der Waals surface area contributed by atoms with Crippen molar-refractivity contribution in [2.24, 2.45) is 7.05 Å². The molecule has 2 rings (SSSR count). The Morgan fingerprint density at radius 3 is 2.84 bits per heavy atom. The zero-order valence-electron chi connectivity index (χ0n) is 11.8. The number of hydrogen-bond acceptors (Lipinski definition) is 5. The number of nitrogens with one attached hydrogen (secondary N) is 1. The molecular formula is C13H21N5O. The summed E-state index contributed by atoms with van der Waals surface area (Å²) in [6.07, 6.45) is 3.84. The summed E-state index contributed by atoms with van der Waals surface area (Å²) in [6, 6.07) is 0. The lowest BCUT2D eigenvalue weighted by Gasteiger charge is -2.08. The molecule has 0 spiro atoms. The molecule has 2 aromatic rings. The molecule has 19 heavy (non-hydrogen) atoms. The average molecular weight is 263 g/mol. The average Bonchev–Trinajstić information content (AvgIpc) is 2.78. The maximum absolute atomic E-state index is 5.51. The van der Waals surface area contributed by atoms with Crippen molar-refractivity contribution in [2.75, 3.05) is 18.5 Å². The molecular weight excluding hydrogens is 242 g/mol. The van der Waals surface area contributed by atoms with Crippen molar-refractivity contribution in [3.8, 4) is 0 Å². The molecule has 0 saturated carbocycles. The first-order valence-electron chi connectivity index (χ1n) is 6.76. The molecule has 1 N–H and O–H groups in total. The van der Waals surface area contributed by atoms with E-state index < -0.39 is 0 Å².